The molecule has 1 atom stereocenters. The number of carbonyl (C=O) groups is 1. The third-order valence-corrected chi connectivity index (χ3v) is 2.28. The highest BCUT2D eigenvalue weighted by molar-refractivity contribution is 5.72. The van der Waals surface area contributed by atoms with Gasteiger partial charge in [-0.25, -0.2) is 0 Å². The summed E-state index contributed by atoms with van der Waals surface area (Å²) in [6.07, 6.45) is 4.97. The van der Waals surface area contributed by atoms with E-state index < -0.39 is 0 Å². The van der Waals surface area contributed by atoms with Crippen LogP contribution in [0.2, 0.25) is 0 Å². The van der Waals surface area contributed by atoms with Crippen LogP contribution >= 0.6 is 0 Å². The van der Waals surface area contributed by atoms with Gasteiger partial charge >= 0.3 is 0 Å². The molecule has 0 bridgehead atoms. The Hall–Kier alpha value is -0.570. The molecule has 0 aliphatic carbocycles. The summed E-state index contributed by atoms with van der Waals surface area (Å²) < 4.78 is 0. The summed E-state index contributed by atoms with van der Waals surface area (Å²) in [6.45, 7) is 3.52. The Labute approximate surface area is 73.9 Å². The lowest BCUT2D eigenvalue weighted by molar-refractivity contribution is -0.118. The molecule has 12 heavy (non-hydrogen) atoms. The van der Waals surface area contributed by atoms with Crippen LogP contribution in [0, 0.1) is 0 Å². The molecule has 1 saturated heterocycles. The van der Waals surface area contributed by atoms with E-state index in [1.54, 1.807) is 6.92 Å². The van der Waals surface area contributed by atoms with Gasteiger partial charge in [0, 0.05) is 19.5 Å². The maximum atomic E-state index is 10.6. The number of hydrogen-bond donors (Lipinski definition) is 2. The average Bonchev–Trinajstić information content (AvgIpc) is 2.05. The largest absolute Gasteiger partial charge is 0.356 e. The van der Waals surface area contributed by atoms with Crippen LogP contribution in [0.1, 0.15) is 32.6 Å². The summed E-state index contributed by atoms with van der Waals surface area (Å²) >= 11 is 0. The molecule has 1 aliphatic heterocycles. The van der Waals surface area contributed by atoms with Crippen molar-refractivity contribution in [1.82, 2.24) is 10.6 Å². The molecule has 0 spiro atoms. The molecular formula is C9H18N2O. The lowest BCUT2D eigenvalue weighted by Crippen LogP contribution is -2.37. The Kier molecular flexibility index (Phi) is 4.08. The van der Waals surface area contributed by atoms with Crippen LogP contribution in [0.15, 0.2) is 0 Å². The van der Waals surface area contributed by atoms with Gasteiger partial charge in [0.1, 0.15) is 0 Å². The maximum Gasteiger partial charge on any atom is 0.216 e. The molecule has 0 saturated carbocycles. The van der Waals surface area contributed by atoms with Crippen molar-refractivity contribution in [2.45, 2.75) is 38.6 Å². The van der Waals surface area contributed by atoms with Crippen molar-refractivity contribution in [3.05, 3.63) is 0 Å². The Morgan fingerprint density at radius 2 is 2.42 bits per heavy atom. The van der Waals surface area contributed by atoms with E-state index in [0.29, 0.717) is 6.04 Å². The monoisotopic (exact) mass is 170 g/mol. The van der Waals surface area contributed by atoms with E-state index in [2.05, 4.69) is 10.6 Å². The minimum absolute atomic E-state index is 0.0748. The van der Waals surface area contributed by atoms with Crippen molar-refractivity contribution in [1.29, 1.82) is 0 Å². The molecule has 1 fully saturated rings. The molecule has 1 aliphatic rings. The predicted octanol–water partition coefficient (Wildman–Crippen LogP) is 0.655. The fraction of sp³-hybridized carbons (Fsp3) is 0.889. The first-order valence-electron chi connectivity index (χ1n) is 4.77. The number of piperidine rings is 1. The number of hydrogen-bond acceptors (Lipinski definition) is 2. The minimum Gasteiger partial charge on any atom is -0.356 e. The third kappa shape index (κ3) is 3.72. The molecule has 1 heterocycles. The van der Waals surface area contributed by atoms with Crippen molar-refractivity contribution in [3.63, 3.8) is 0 Å². The lowest BCUT2D eigenvalue weighted by atomic mass is 10.0. The standard InChI is InChI=1S/C9H18N2O/c1-8(12)10-7-5-9-4-2-3-6-11-9/h9,11H,2-7H2,1H3,(H,10,12)/t9-/m0/s1. The third-order valence-electron chi connectivity index (χ3n) is 2.28. The highest BCUT2D eigenvalue weighted by atomic mass is 16.1. The van der Waals surface area contributed by atoms with Crippen LogP contribution in [0.3, 0.4) is 0 Å². The molecule has 3 heteroatoms. The molecule has 2 N–H and O–H groups in total. The molecule has 0 radical (unpaired) electrons. The molecule has 0 aromatic heterocycles. The SMILES string of the molecule is CC(=O)NCC[C@@H]1CCCCN1. The van der Waals surface area contributed by atoms with Gasteiger partial charge in [-0.2, -0.15) is 0 Å². The second kappa shape index (κ2) is 5.14. The van der Waals surface area contributed by atoms with Crippen molar-refractivity contribution in [2.75, 3.05) is 13.1 Å². The molecule has 0 aromatic carbocycles. The van der Waals surface area contributed by atoms with Crippen LogP contribution in [-0.4, -0.2) is 25.0 Å². The Balaban J connectivity index is 2.01. The van der Waals surface area contributed by atoms with E-state index >= 15 is 0 Å². The zero-order valence-corrected chi connectivity index (χ0v) is 7.73. The first kappa shape index (κ1) is 9.52. The number of carbonyl (C=O) groups excluding carboxylic acids is 1. The zero-order valence-electron chi connectivity index (χ0n) is 7.73. The normalized spacial score (nSPS) is 23.6. The van der Waals surface area contributed by atoms with Gasteiger partial charge in [-0.1, -0.05) is 6.42 Å². The lowest BCUT2D eigenvalue weighted by Gasteiger charge is -2.23. The van der Waals surface area contributed by atoms with Crippen LogP contribution in [0.25, 0.3) is 0 Å². The smallest absolute Gasteiger partial charge is 0.216 e. The van der Waals surface area contributed by atoms with Gasteiger partial charge < -0.3 is 10.6 Å². The molecule has 3 nitrogen and oxygen atoms in total. The number of nitrogens with one attached hydrogen (secondary N) is 2. The number of rotatable bonds is 3. The van der Waals surface area contributed by atoms with Gasteiger partial charge in [0.05, 0.1) is 0 Å². The number of amides is 1. The van der Waals surface area contributed by atoms with Crippen LogP contribution < -0.4 is 10.6 Å². The highest BCUT2D eigenvalue weighted by Crippen LogP contribution is 2.08. The summed E-state index contributed by atoms with van der Waals surface area (Å²) in [5.74, 6) is 0.0748. The summed E-state index contributed by atoms with van der Waals surface area (Å²) in [5.41, 5.74) is 0. The van der Waals surface area contributed by atoms with Crippen LogP contribution in [0.5, 0.6) is 0 Å². The Morgan fingerprint density at radius 1 is 1.58 bits per heavy atom. The van der Waals surface area contributed by atoms with Crippen molar-refractivity contribution in [2.24, 2.45) is 0 Å². The maximum absolute atomic E-state index is 10.6. The van der Waals surface area contributed by atoms with Crippen LogP contribution in [-0.2, 0) is 4.79 Å². The molecule has 0 aromatic rings. The van der Waals surface area contributed by atoms with Gasteiger partial charge in [0.25, 0.3) is 0 Å². The van der Waals surface area contributed by atoms with E-state index in [1.165, 1.54) is 19.3 Å². The predicted molar refractivity (Wildman–Crippen MR) is 48.9 cm³/mol. The van der Waals surface area contributed by atoms with Gasteiger partial charge in [-0.15, -0.1) is 0 Å². The first-order valence-corrected chi connectivity index (χ1v) is 4.77. The van der Waals surface area contributed by atoms with Crippen molar-refractivity contribution < 1.29 is 4.79 Å². The minimum atomic E-state index is 0.0748. The zero-order chi connectivity index (χ0) is 8.81. The van der Waals surface area contributed by atoms with Gasteiger partial charge in [-0.05, 0) is 25.8 Å². The fourth-order valence-corrected chi connectivity index (χ4v) is 1.59. The second-order valence-electron chi connectivity index (χ2n) is 3.42. The summed E-state index contributed by atoms with van der Waals surface area (Å²) in [7, 11) is 0. The summed E-state index contributed by atoms with van der Waals surface area (Å²) in [4.78, 5) is 10.6. The average molecular weight is 170 g/mol. The van der Waals surface area contributed by atoms with Crippen molar-refractivity contribution in [3.8, 4) is 0 Å². The molecule has 1 rings (SSSR count). The van der Waals surface area contributed by atoms with Gasteiger partial charge in [-0.3, -0.25) is 4.79 Å². The Morgan fingerprint density at radius 3 is 3.00 bits per heavy atom. The van der Waals surface area contributed by atoms with E-state index in [1.807, 2.05) is 0 Å². The molecular weight excluding hydrogens is 152 g/mol. The van der Waals surface area contributed by atoms with Gasteiger partial charge in [0.15, 0.2) is 0 Å². The van der Waals surface area contributed by atoms with E-state index in [4.69, 9.17) is 0 Å². The molecule has 1 amide bonds. The van der Waals surface area contributed by atoms with Crippen molar-refractivity contribution >= 4 is 5.91 Å². The topological polar surface area (TPSA) is 41.1 Å². The van der Waals surface area contributed by atoms with Gasteiger partial charge in [0.2, 0.25) is 5.91 Å². The molecule has 0 unspecified atom stereocenters. The summed E-state index contributed by atoms with van der Waals surface area (Å²) in [5, 5.41) is 6.26. The second-order valence-corrected chi connectivity index (χ2v) is 3.42. The Bertz CT molecular complexity index is 141. The van der Waals surface area contributed by atoms with E-state index in [9.17, 15) is 4.79 Å². The summed E-state index contributed by atoms with van der Waals surface area (Å²) in [6, 6.07) is 0.630. The first-order chi connectivity index (χ1) is 5.79. The quantitative estimate of drug-likeness (QED) is 0.653. The van der Waals surface area contributed by atoms with E-state index in [-0.39, 0.29) is 5.91 Å². The fourth-order valence-electron chi connectivity index (χ4n) is 1.59. The molecule has 70 valence electrons. The van der Waals surface area contributed by atoms with E-state index in [0.717, 1.165) is 19.5 Å². The van der Waals surface area contributed by atoms with Crippen LogP contribution in [0.4, 0.5) is 0 Å². The highest BCUT2D eigenvalue weighted by Gasteiger charge is 2.11.